The Bertz CT molecular complexity index is 943. The Labute approximate surface area is 184 Å². The van der Waals surface area contributed by atoms with Crippen LogP contribution in [0.1, 0.15) is 60.4 Å². The van der Waals surface area contributed by atoms with Crippen molar-refractivity contribution < 1.29 is 14.3 Å². The summed E-state index contributed by atoms with van der Waals surface area (Å²) in [7, 11) is 1.36. The fourth-order valence-electron chi connectivity index (χ4n) is 4.19. The molecule has 1 amide bonds. The molecule has 0 aliphatic carbocycles. The molecule has 1 saturated heterocycles. The van der Waals surface area contributed by atoms with Crippen molar-refractivity contribution in [3.63, 3.8) is 0 Å². The summed E-state index contributed by atoms with van der Waals surface area (Å²) in [4.78, 5) is 27.1. The highest BCUT2D eigenvalue weighted by Crippen LogP contribution is 2.30. The van der Waals surface area contributed by atoms with Gasteiger partial charge in [-0.2, -0.15) is 5.10 Å². The number of rotatable bonds is 8. The number of nitrogens with one attached hydrogen (secondary N) is 1. The van der Waals surface area contributed by atoms with Crippen LogP contribution in [0.5, 0.6) is 0 Å². The van der Waals surface area contributed by atoms with E-state index in [1.165, 1.54) is 7.11 Å². The van der Waals surface area contributed by atoms with Gasteiger partial charge in [0.15, 0.2) is 0 Å². The normalized spacial score (nSPS) is 13.7. The molecule has 0 saturated carbocycles. The topological polar surface area (TPSA) is 76.5 Å². The Kier molecular flexibility index (Phi) is 7.36. The third-order valence-electron chi connectivity index (χ3n) is 5.81. The summed E-state index contributed by atoms with van der Waals surface area (Å²) in [6, 6.07) is 5.37. The summed E-state index contributed by atoms with van der Waals surface area (Å²) in [5, 5.41) is 7.69. The highest BCUT2D eigenvalue weighted by Gasteiger charge is 2.20. The largest absolute Gasteiger partial charge is 0.465 e. The number of hydrogen-bond acceptors (Lipinski definition) is 5. The van der Waals surface area contributed by atoms with Crippen LogP contribution in [0.25, 0.3) is 0 Å². The van der Waals surface area contributed by atoms with Gasteiger partial charge < -0.3 is 15.0 Å². The second kappa shape index (κ2) is 9.98. The van der Waals surface area contributed by atoms with Gasteiger partial charge in [-0.1, -0.05) is 13.8 Å². The number of benzene rings is 1. The van der Waals surface area contributed by atoms with Gasteiger partial charge in [0, 0.05) is 31.7 Å². The summed E-state index contributed by atoms with van der Waals surface area (Å²) in [5.74, 6) is 0.0328. The van der Waals surface area contributed by atoms with Gasteiger partial charge in [-0.05, 0) is 62.8 Å². The zero-order valence-corrected chi connectivity index (χ0v) is 19.3. The minimum absolute atomic E-state index is 0.0714. The Morgan fingerprint density at radius 1 is 1.19 bits per heavy atom. The number of carbonyl (C=O) groups excluding carboxylic acids is 2. The van der Waals surface area contributed by atoms with Crippen molar-refractivity contribution in [1.29, 1.82) is 0 Å². The minimum atomic E-state index is -0.410. The number of hydrogen-bond donors (Lipinski definition) is 1. The number of aromatic nitrogens is 2. The lowest BCUT2D eigenvalue weighted by Crippen LogP contribution is -2.22. The third kappa shape index (κ3) is 5.46. The molecule has 7 nitrogen and oxygen atoms in total. The first-order valence-electron chi connectivity index (χ1n) is 11.1. The maximum atomic E-state index is 12.8. The number of nitrogens with zero attached hydrogens (tertiary/aromatic N) is 3. The average Bonchev–Trinajstić information content (AvgIpc) is 3.34. The number of amides is 1. The molecule has 0 bridgehead atoms. The molecule has 7 heteroatoms. The lowest BCUT2D eigenvalue weighted by atomic mass is 10.1. The van der Waals surface area contributed by atoms with Crippen LogP contribution in [0.4, 0.5) is 11.4 Å². The van der Waals surface area contributed by atoms with Crippen molar-refractivity contribution in [1.82, 2.24) is 9.78 Å². The number of methoxy groups -OCH3 is 1. The second-order valence-electron chi connectivity index (χ2n) is 8.69. The smallest absolute Gasteiger partial charge is 0.337 e. The van der Waals surface area contributed by atoms with Crippen molar-refractivity contribution in [3.05, 3.63) is 40.7 Å². The summed E-state index contributed by atoms with van der Waals surface area (Å²) >= 11 is 0. The summed E-state index contributed by atoms with van der Waals surface area (Å²) in [6.45, 7) is 11.2. The number of anilines is 2. The molecular formula is C24H34N4O3. The van der Waals surface area contributed by atoms with E-state index in [0.717, 1.165) is 55.1 Å². The Balaban J connectivity index is 1.74. The number of esters is 1. The van der Waals surface area contributed by atoms with Gasteiger partial charge in [0.25, 0.3) is 0 Å². The molecule has 1 fully saturated rings. The standard InChI is InChI=1S/C24H34N4O3/c1-16(2)15-28-18(4)20(17(3)26-28)9-11-23(29)25-21-14-19(24(30)31-5)8-10-22(21)27-12-6-7-13-27/h8,10,14,16H,6-7,9,11-13,15H2,1-5H3,(H,25,29). The third-order valence-corrected chi connectivity index (χ3v) is 5.81. The fraction of sp³-hybridized carbons (Fsp3) is 0.542. The average molecular weight is 427 g/mol. The molecule has 0 radical (unpaired) electrons. The SMILES string of the molecule is COC(=O)c1ccc(N2CCCC2)c(NC(=O)CCc2c(C)nn(CC(C)C)c2C)c1. The predicted molar refractivity (Wildman–Crippen MR) is 123 cm³/mol. The van der Waals surface area contributed by atoms with Crippen molar-refractivity contribution in [2.45, 2.75) is 59.9 Å². The van der Waals surface area contributed by atoms with E-state index in [0.29, 0.717) is 30.0 Å². The fourth-order valence-corrected chi connectivity index (χ4v) is 4.19. The van der Waals surface area contributed by atoms with Gasteiger partial charge in [-0.25, -0.2) is 4.79 Å². The molecule has 2 aromatic rings. The van der Waals surface area contributed by atoms with Gasteiger partial charge in [-0.3, -0.25) is 9.48 Å². The molecular weight excluding hydrogens is 392 g/mol. The van der Waals surface area contributed by atoms with Crippen LogP contribution in [-0.4, -0.2) is 41.9 Å². The van der Waals surface area contributed by atoms with Crippen LogP contribution in [-0.2, 0) is 22.5 Å². The molecule has 1 aromatic heterocycles. The maximum absolute atomic E-state index is 12.8. The number of carbonyl (C=O) groups is 2. The van der Waals surface area contributed by atoms with Gasteiger partial charge >= 0.3 is 5.97 Å². The Morgan fingerprint density at radius 2 is 1.90 bits per heavy atom. The van der Waals surface area contributed by atoms with Crippen LogP contribution < -0.4 is 10.2 Å². The van der Waals surface area contributed by atoms with Crippen LogP contribution in [0, 0.1) is 19.8 Å². The predicted octanol–water partition coefficient (Wildman–Crippen LogP) is 4.11. The molecule has 1 aromatic carbocycles. The van der Waals surface area contributed by atoms with E-state index in [1.54, 1.807) is 12.1 Å². The van der Waals surface area contributed by atoms with Crippen LogP contribution in [0.2, 0.25) is 0 Å². The van der Waals surface area contributed by atoms with E-state index in [2.05, 4.69) is 36.1 Å². The lowest BCUT2D eigenvalue weighted by Gasteiger charge is -2.22. The van der Waals surface area contributed by atoms with Gasteiger partial charge in [0.2, 0.25) is 5.91 Å². The molecule has 1 aliphatic heterocycles. The second-order valence-corrected chi connectivity index (χ2v) is 8.69. The monoisotopic (exact) mass is 426 g/mol. The summed E-state index contributed by atoms with van der Waals surface area (Å²) in [6.07, 6.45) is 3.25. The van der Waals surface area contributed by atoms with Crippen molar-refractivity contribution >= 4 is 23.3 Å². The zero-order chi connectivity index (χ0) is 22.5. The number of aryl methyl sites for hydroxylation is 1. The van der Waals surface area contributed by atoms with Crippen LogP contribution in [0.15, 0.2) is 18.2 Å². The van der Waals surface area contributed by atoms with Crippen LogP contribution >= 0.6 is 0 Å². The maximum Gasteiger partial charge on any atom is 0.337 e. The van der Waals surface area contributed by atoms with Gasteiger partial charge in [0.05, 0.1) is 29.7 Å². The van der Waals surface area contributed by atoms with Crippen molar-refractivity contribution in [2.75, 3.05) is 30.4 Å². The van der Waals surface area contributed by atoms with E-state index in [-0.39, 0.29) is 5.91 Å². The zero-order valence-electron chi connectivity index (χ0n) is 19.3. The van der Waals surface area contributed by atoms with Crippen molar-refractivity contribution in [3.8, 4) is 0 Å². The van der Waals surface area contributed by atoms with E-state index in [4.69, 9.17) is 4.74 Å². The van der Waals surface area contributed by atoms with Gasteiger partial charge in [0.1, 0.15) is 0 Å². The molecule has 3 rings (SSSR count). The molecule has 2 heterocycles. The summed E-state index contributed by atoms with van der Waals surface area (Å²) < 4.78 is 6.89. The summed E-state index contributed by atoms with van der Waals surface area (Å²) in [5.41, 5.74) is 5.30. The quantitative estimate of drug-likeness (QED) is 0.643. The first kappa shape index (κ1) is 22.8. The van der Waals surface area contributed by atoms with E-state index < -0.39 is 5.97 Å². The van der Waals surface area contributed by atoms with E-state index in [9.17, 15) is 9.59 Å². The Hall–Kier alpha value is -2.83. The van der Waals surface area contributed by atoms with Crippen LogP contribution in [0.3, 0.4) is 0 Å². The van der Waals surface area contributed by atoms with Gasteiger partial charge in [-0.15, -0.1) is 0 Å². The molecule has 0 unspecified atom stereocenters. The molecule has 31 heavy (non-hydrogen) atoms. The first-order valence-corrected chi connectivity index (χ1v) is 11.1. The van der Waals surface area contributed by atoms with E-state index in [1.807, 2.05) is 17.7 Å². The Morgan fingerprint density at radius 3 is 2.55 bits per heavy atom. The number of ether oxygens (including phenoxy) is 1. The highest BCUT2D eigenvalue weighted by molar-refractivity contribution is 5.98. The molecule has 0 atom stereocenters. The van der Waals surface area contributed by atoms with Crippen molar-refractivity contribution in [2.24, 2.45) is 5.92 Å². The molecule has 1 aliphatic rings. The lowest BCUT2D eigenvalue weighted by molar-refractivity contribution is -0.116. The molecule has 168 valence electrons. The van der Waals surface area contributed by atoms with E-state index >= 15 is 0 Å². The molecule has 0 spiro atoms. The minimum Gasteiger partial charge on any atom is -0.465 e. The first-order chi connectivity index (χ1) is 14.8. The molecule has 1 N–H and O–H groups in total. The highest BCUT2D eigenvalue weighted by atomic mass is 16.5.